The molecular weight excluding hydrogens is 473 g/mol. The van der Waals surface area contributed by atoms with Crippen molar-refractivity contribution in [1.82, 2.24) is 9.88 Å². The first kappa shape index (κ1) is 24.5. The lowest BCUT2D eigenvalue weighted by Gasteiger charge is -2.41. The van der Waals surface area contributed by atoms with Crippen molar-refractivity contribution in [3.8, 4) is 11.5 Å². The molecule has 2 aromatic carbocycles. The lowest BCUT2D eigenvalue weighted by Crippen LogP contribution is -2.52. The first-order chi connectivity index (χ1) is 17.1. The molecule has 9 heteroatoms. The van der Waals surface area contributed by atoms with Gasteiger partial charge in [-0.2, -0.15) is 13.2 Å². The van der Waals surface area contributed by atoms with E-state index in [1.807, 2.05) is 49.3 Å². The number of pyridine rings is 1. The molecule has 0 spiro atoms. The molecule has 1 saturated carbocycles. The number of aliphatic hydroxyl groups is 2. The third-order valence-electron chi connectivity index (χ3n) is 7.39. The number of nitrogens with zero attached hydrogens (tertiary/aromatic N) is 2. The number of hydrogen-bond donors (Lipinski definition) is 2. The number of methoxy groups -OCH3 is 1. The van der Waals surface area contributed by atoms with Crippen LogP contribution >= 0.6 is 0 Å². The van der Waals surface area contributed by atoms with Gasteiger partial charge >= 0.3 is 6.18 Å². The Balaban J connectivity index is 1.83. The molecule has 5 atom stereocenters. The van der Waals surface area contributed by atoms with Gasteiger partial charge < -0.3 is 24.6 Å². The van der Waals surface area contributed by atoms with Gasteiger partial charge in [0, 0.05) is 18.4 Å². The molecule has 190 valence electrons. The number of aromatic nitrogens is 1. The Kier molecular flexibility index (Phi) is 5.77. The highest BCUT2D eigenvalue weighted by atomic mass is 19.4. The van der Waals surface area contributed by atoms with Crippen molar-refractivity contribution in [2.45, 2.75) is 29.4 Å². The fourth-order valence-corrected chi connectivity index (χ4v) is 6.06. The van der Waals surface area contributed by atoms with Gasteiger partial charge in [0.1, 0.15) is 11.5 Å². The van der Waals surface area contributed by atoms with Crippen molar-refractivity contribution in [3.63, 3.8) is 0 Å². The van der Waals surface area contributed by atoms with Gasteiger partial charge in [0.05, 0.1) is 36.7 Å². The van der Waals surface area contributed by atoms with E-state index in [0.717, 1.165) is 17.7 Å². The van der Waals surface area contributed by atoms with E-state index in [4.69, 9.17) is 9.47 Å². The van der Waals surface area contributed by atoms with Crippen LogP contribution in [-0.4, -0.2) is 54.0 Å². The molecule has 1 aliphatic heterocycles. The number of benzene rings is 2. The van der Waals surface area contributed by atoms with E-state index in [0.29, 0.717) is 12.1 Å². The molecule has 2 heterocycles. The Labute approximate surface area is 206 Å². The minimum Gasteiger partial charge on any atom is -0.495 e. The minimum absolute atomic E-state index is 0.208. The SMILES string of the molecule is COc1cncc2c1[C@]1(O)[C@H](O)[C@H](CN(C)C)[C@@H](c3ccccc3)[C@]1(c1ccc(C(F)(F)F)cc1)O2. The maximum Gasteiger partial charge on any atom is 0.416 e. The van der Waals surface area contributed by atoms with Gasteiger partial charge in [0.25, 0.3) is 0 Å². The first-order valence-electron chi connectivity index (χ1n) is 11.5. The highest BCUT2D eigenvalue weighted by Crippen LogP contribution is 2.69. The fraction of sp³-hybridized carbons (Fsp3) is 0.370. The Bertz CT molecular complexity index is 1250. The molecule has 1 fully saturated rings. The Morgan fingerprint density at radius 1 is 1.06 bits per heavy atom. The molecule has 3 aromatic rings. The standard InChI is InChI=1S/C27H27F3N2O4/c1-32(2)15-19-22(16-7-5-4-6-8-16)26(17-9-11-18(12-10-17)27(28,29)30)25(34,24(19)33)23-20(35-3)13-31-14-21(23)36-26/h4-14,19,22,24,33-34H,15H2,1-3H3/t19-,22-,24-,25+,26+/m1/s1. The van der Waals surface area contributed by atoms with Gasteiger partial charge in [-0.25, -0.2) is 0 Å². The van der Waals surface area contributed by atoms with Crippen LogP contribution in [0.1, 0.15) is 28.2 Å². The molecule has 0 saturated heterocycles. The fourth-order valence-electron chi connectivity index (χ4n) is 6.06. The molecule has 2 aliphatic rings. The van der Waals surface area contributed by atoms with Crippen molar-refractivity contribution in [2.75, 3.05) is 27.7 Å². The average Bonchev–Trinajstić information content (AvgIpc) is 3.22. The summed E-state index contributed by atoms with van der Waals surface area (Å²) in [6, 6.07) is 13.9. The number of ether oxygens (including phenoxy) is 2. The van der Waals surface area contributed by atoms with E-state index < -0.39 is 40.9 Å². The molecule has 1 aliphatic carbocycles. The van der Waals surface area contributed by atoms with Gasteiger partial charge in [-0.3, -0.25) is 4.98 Å². The molecule has 0 unspecified atom stereocenters. The second-order valence-electron chi connectivity index (χ2n) is 9.65. The summed E-state index contributed by atoms with van der Waals surface area (Å²) in [4.78, 5) is 6.05. The largest absolute Gasteiger partial charge is 0.495 e. The van der Waals surface area contributed by atoms with Crippen molar-refractivity contribution in [3.05, 3.63) is 89.2 Å². The topological polar surface area (TPSA) is 75.0 Å². The van der Waals surface area contributed by atoms with Gasteiger partial charge in [0.15, 0.2) is 11.2 Å². The molecule has 0 radical (unpaired) electrons. The summed E-state index contributed by atoms with van der Waals surface area (Å²) in [7, 11) is 5.14. The summed E-state index contributed by atoms with van der Waals surface area (Å²) in [5.74, 6) is -0.740. The zero-order valence-corrected chi connectivity index (χ0v) is 20.0. The van der Waals surface area contributed by atoms with E-state index in [2.05, 4.69) is 4.98 Å². The summed E-state index contributed by atoms with van der Waals surface area (Å²) in [5.41, 5.74) is -3.20. The van der Waals surface area contributed by atoms with Crippen LogP contribution in [0.25, 0.3) is 0 Å². The number of hydrogen-bond acceptors (Lipinski definition) is 6. The van der Waals surface area contributed by atoms with Crippen molar-refractivity contribution in [2.24, 2.45) is 5.92 Å². The second-order valence-corrected chi connectivity index (χ2v) is 9.65. The molecule has 2 N–H and O–H groups in total. The zero-order chi connectivity index (χ0) is 25.9. The number of aliphatic hydroxyl groups excluding tert-OH is 1. The third kappa shape index (κ3) is 3.33. The lowest BCUT2D eigenvalue weighted by atomic mass is 9.70. The van der Waals surface area contributed by atoms with E-state index in [1.165, 1.54) is 31.6 Å². The summed E-state index contributed by atoms with van der Waals surface area (Å²) in [5, 5.41) is 24.5. The van der Waals surface area contributed by atoms with Crippen molar-refractivity contribution in [1.29, 1.82) is 0 Å². The zero-order valence-electron chi connectivity index (χ0n) is 20.0. The summed E-state index contributed by atoms with van der Waals surface area (Å²) in [6.07, 6.45) is -3.02. The van der Waals surface area contributed by atoms with E-state index in [-0.39, 0.29) is 17.1 Å². The Morgan fingerprint density at radius 3 is 2.31 bits per heavy atom. The van der Waals surface area contributed by atoms with Gasteiger partial charge in [-0.15, -0.1) is 0 Å². The molecule has 1 aromatic heterocycles. The highest BCUT2D eigenvalue weighted by molar-refractivity contribution is 5.59. The number of halogens is 3. The predicted molar refractivity (Wildman–Crippen MR) is 126 cm³/mol. The summed E-state index contributed by atoms with van der Waals surface area (Å²) in [6.45, 7) is 0.386. The van der Waals surface area contributed by atoms with Crippen LogP contribution < -0.4 is 9.47 Å². The van der Waals surface area contributed by atoms with Crippen LogP contribution in [0.3, 0.4) is 0 Å². The first-order valence-corrected chi connectivity index (χ1v) is 11.5. The third-order valence-corrected chi connectivity index (χ3v) is 7.39. The van der Waals surface area contributed by atoms with E-state index in [9.17, 15) is 23.4 Å². The molecule has 0 bridgehead atoms. The maximum absolute atomic E-state index is 13.4. The summed E-state index contributed by atoms with van der Waals surface area (Å²) < 4.78 is 52.3. The smallest absolute Gasteiger partial charge is 0.416 e. The van der Waals surface area contributed by atoms with Crippen LogP contribution in [0.4, 0.5) is 13.2 Å². The van der Waals surface area contributed by atoms with Gasteiger partial charge in [-0.1, -0.05) is 42.5 Å². The average molecular weight is 501 g/mol. The lowest BCUT2D eigenvalue weighted by molar-refractivity contribution is -0.152. The van der Waals surface area contributed by atoms with Gasteiger partial charge in [0.2, 0.25) is 0 Å². The number of fused-ring (bicyclic) bond motifs is 3. The van der Waals surface area contributed by atoms with Crippen LogP contribution in [0.5, 0.6) is 11.5 Å². The predicted octanol–water partition coefficient (Wildman–Crippen LogP) is 3.92. The van der Waals surface area contributed by atoms with Crippen molar-refractivity contribution < 1.29 is 32.9 Å². The maximum atomic E-state index is 13.4. The van der Waals surface area contributed by atoms with Crippen LogP contribution in [0, 0.1) is 5.92 Å². The van der Waals surface area contributed by atoms with Gasteiger partial charge in [-0.05, 0) is 37.4 Å². The number of rotatable bonds is 5. The summed E-state index contributed by atoms with van der Waals surface area (Å²) >= 11 is 0. The molecule has 5 rings (SSSR count). The Morgan fingerprint density at radius 2 is 1.72 bits per heavy atom. The monoisotopic (exact) mass is 500 g/mol. The van der Waals surface area contributed by atoms with E-state index >= 15 is 0 Å². The molecule has 36 heavy (non-hydrogen) atoms. The van der Waals surface area contributed by atoms with Crippen LogP contribution in [0.2, 0.25) is 0 Å². The highest BCUT2D eigenvalue weighted by Gasteiger charge is 2.76. The molecule has 6 nitrogen and oxygen atoms in total. The molecule has 0 amide bonds. The number of alkyl halides is 3. The van der Waals surface area contributed by atoms with E-state index in [1.54, 1.807) is 0 Å². The second kappa shape index (κ2) is 8.47. The normalized spacial score (nSPS) is 29.1. The van der Waals surface area contributed by atoms with Crippen LogP contribution in [0.15, 0.2) is 67.0 Å². The minimum atomic E-state index is -4.53. The van der Waals surface area contributed by atoms with Crippen LogP contribution in [-0.2, 0) is 17.4 Å². The molecular formula is C27H27F3N2O4. The Hall–Kier alpha value is -3.14. The quantitative estimate of drug-likeness (QED) is 0.553. The van der Waals surface area contributed by atoms with Crippen molar-refractivity contribution >= 4 is 0 Å².